The van der Waals surface area contributed by atoms with Gasteiger partial charge in [-0.1, -0.05) is 34.8 Å². The second kappa shape index (κ2) is 8.18. The number of fused-ring (bicyclic) bond motifs is 1. The fourth-order valence-electron chi connectivity index (χ4n) is 2.87. The number of amides is 3. The molecule has 1 aromatic heterocycles. The number of carbonyl (C=O) groups excluding carboxylic acids is 3. The Morgan fingerprint density at radius 2 is 1.67 bits per heavy atom. The third-order valence-corrected chi connectivity index (χ3v) is 5.48. The van der Waals surface area contributed by atoms with Crippen LogP contribution >= 0.6 is 34.8 Å². The highest BCUT2D eigenvalue weighted by Gasteiger charge is 2.27. The molecule has 1 aliphatic carbocycles. The number of aromatic nitrogens is 1. The van der Waals surface area contributed by atoms with Crippen molar-refractivity contribution in [1.29, 1.82) is 0 Å². The first-order valence-electron chi connectivity index (χ1n) is 9.01. The maximum absolute atomic E-state index is 12.9. The SMILES string of the molecule is O=C(NC1CC1)C(=O)Nn1c(C(=O)Nc2ccc(Cl)c(Cl)c2)cc2cc(Cl)ccc21. The second-order valence-electron chi connectivity index (χ2n) is 6.84. The minimum absolute atomic E-state index is 0.0286. The third kappa shape index (κ3) is 4.38. The molecule has 1 heterocycles. The lowest BCUT2D eigenvalue weighted by molar-refractivity contribution is -0.136. The highest BCUT2D eigenvalue weighted by atomic mass is 35.5. The lowest BCUT2D eigenvalue weighted by Gasteiger charge is -2.13. The van der Waals surface area contributed by atoms with Crippen molar-refractivity contribution in [3.63, 3.8) is 0 Å². The molecule has 0 spiro atoms. The molecule has 2 aromatic carbocycles. The van der Waals surface area contributed by atoms with E-state index in [0.717, 1.165) is 12.8 Å². The summed E-state index contributed by atoms with van der Waals surface area (Å²) in [4.78, 5) is 37.4. The number of nitrogens with zero attached hydrogens (tertiary/aromatic N) is 1. The van der Waals surface area contributed by atoms with Crippen LogP contribution in [0.4, 0.5) is 5.69 Å². The normalized spacial score (nSPS) is 13.2. The summed E-state index contributed by atoms with van der Waals surface area (Å²) in [5.41, 5.74) is 3.51. The summed E-state index contributed by atoms with van der Waals surface area (Å²) >= 11 is 18.0. The van der Waals surface area contributed by atoms with Gasteiger partial charge in [-0.25, -0.2) is 4.68 Å². The van der Waals surface area contributed by atoms with Crippen LogP contribution in [-0.4, -0.2) is 28.4 Å². The summed E-state index contributed by atoms with van der Waals surface area (Å²) in [5, 5.41) is 7.03. The van der Waals surface area contributed by atoms with E-state index in [-0.39, 0.29) is 16.8 Å². The van der Waals surface area contributed by atoms with Crippen molar-refractivity contribution >= 4 is 69.1 Å². The monoisotopic (exact) mass is 464 g/mol. The molecule has 0 bridgehead atoms. The van der Waals surface area contributed by atoms with E-state index in [9.17, 15) is 14.4 Å². The van der Waals surface area contributed by atoms with E-state index in [1.807, 2.05) is 0 Å². The zero-order chi connectivity index (χ0) is 21.4. The smallest absolute Gasteiger partial charge is 0.328 e. The maximum Gasteiger partial charge on any atom is 0.328 e. The number of carbonyl (C=O) groups is 3. The van der Waals surface area contributed by atoms with Crippen molar-refractivity contribution in [3.05, 3.63) is 63.2 Å². The molecule has 0 aliphatic heterocycles. The van der Waals surface area contributed by atoms with Crippen LogP contribution in [0.2, 0.25) is 15.1 Å². The van der Waals surface area contributed by atoms with Crippen LogP contribution in [0.1, 0.15) is 23.3 Å². The third-order valence-electron chi connectivity index (χ3n) is 4.51. The maximum atomic E-state index is 12.9. The van der Waals surface area contributed by atoms with Gasteiger partial charge in [0.25, 0.3) is 5.91 Å². The largest absolute Gasteiger partial charge is 0.345 e. The van der Waals surface area contributed by atoms with Crippen LogP contribution in [0.15, 0.2) is 42.5 Å². The van der Waals surface area contributed by atoms with Crippen molar-refractivity contribution < 1.29 is 14.4 Å². The molecule has 3 amide bonds. The van der Waals surface area contributed by atoms with E-state index >= 15 is 0 Å². The molecule has 3 N–H and O–H groups in total. The Morgan fingerprint density at radius 1 is 0.900 bits per heavy atom. The average molecular weight is 466 g/mol. The molecule has 1 fully saturated rings. The van der Waals surface area contributed by atoms with E-state index in [1.165, 1.54) is 10.7 Å². The highest BCUT2D eigenvalue weighted by Crippen LogP contribution is 2.27. The van der Waals surface area contributed by atoms with Crippen molar-refractivity contribution in [3.8, 4) is 0 Å². The molecule has 10 heteroatoms. The van der Waals surface area contributed by atoms with Crippen LogP contribution in [0, 0.1) is 0 Å². The molecule has 0 atom stereocenters. The summed E-state index contributed by atoms with van der Waals surface area (Å²) in [6, 6.07) is 11.2. The number of rotatable bonds is 4. The molecular weight excluding hydrogens is 451 g/mol. The van der Waals surface area contributed by atoms with E-state index in [4.69, 9.17) is 34.8 Å². The second-order valence-corrected chi connectivity index (χ2v) is 8.09. The van der Waals surface area contributed by atoms with Crippen LogP contribution in [0.25, 0.3) is 10.9 Å². The van der Waals surface area contributed by atoms with E-state index in [0.29, 0.717) is 26.6 Å². The molecule has 7 nitrogen and oxygen atoms in total. The Kier molecular flexibility index (Phi) is 5.60. The number of nitrogens with one attached hydrogen (secondary N) is 3. The minimum atomic E-state index is -0.877. The summed E-state index contributed by atoms with van der Waals surface area (Å²) in [5.74, 6) is -2.16. The molecule has 30 heavy (non-hydrogen) atoms. The van der Waals surface area contributed by atoms with Crippen LogP contribution in [0.3, 0.4) is 0 Å². The predicted molar refractivity (Wildman–Crippen MR) is 117 cm³/mol. The van der Waals surface area contributed by atoms with E-state index in [1.54, 1.807) is 36.4 Å². The molecule has 154 valence electrons. The molecular formula is C20H15Cl3N4O3. The first-order chi connectivity index (χ1) is 14.3. The Hall–Kier alpha value is -2.74. The summed E-state index contributed by atoms with van der Waals surface area (Å²) in [7, 11) is 0. The quantitative estimate of drug-likeness (QED) is 0.504. The zero-order valence-electron chi connectivity index (χ0n) is 15.3. The van der Waals surface area contributed by atoms with Crippen LogP contribution < -0.4 is 16.1 Å². The van der Waals surface area contributed by atoms with Crippen molar-refractivity contribution in [2.75, 3.05) is 10.7 Å². The number of benzene rings is 2. The lowest BCUT2D eigenvalue weighted by atomic mass is 10.2. The topological polar surface area (TPSA) is 92.2 Å². The fourth-order valence-corrected chi connectivity index (χ4v) is 3.35. The van der Waals surface area contributed by atoms with Gasteiger partial charge in [0.1, 0.15) is 5.69 Å². The number of halogens is 3. The first-order valence-corrected chi connectivity index (χ1v) is 10.1. The lowest BCUT2D eigenvalue weighted by Crippen LogP contribution is -2.40. The molecule has 1 saturated carbocycles. The van der Waals surface area contributed by atoms with Gasteiger partial charge in [-0.3, -0.25) is 19.8 Å². The van der Waals surface area contributed by atoms with Gasteiger partial charge in [-0.15, -0.1) is 0 Å². The molecule has 3 aromatic rings. The van der Waals surface area contributed by atoms with E-state index in [2.05, 4.69) is 16.1 Å². The molecule has 4 rings (SSSR count). The summed E-state index contributed by atoms with van der Waals surface area (Å²) in [6.07, 6.45) is 1.70. The summed E-state index contributed by atoms with van der Waals surface area (Å²) < 4.78 is 1.26. The van der Waals surface area contributed by atoms with Crippen LogP contribution in [-0.2, 0) is 9.59 Å². The fraction of sp³-hybridized carbons (Fsp3) is 0.150. The van der Waals surface area contributed by atoms with Gasteiger partial charge in [-0.2, -0.15) is 0 Å². The van der Waals surface area contributed by atoms with Gasteiger partial charge in [0.15, 0.2) is 0 Å². The average Bonchev–Trinajstić information content (AvgIpc) is 3.44. The minimum Gasteiger partial charge on any atom is -0.345 e. The predicted octanol–water partition coefficient (Wildman–Crippen LogP) is 4.20. The van der Waals surface area contributed by atoms with Gasteiger partial charge < -0.3 is 10.6 Å². The van der Waals surface area contributed by atoms with Crippen LogP contribution in [0.5, 0.6) is 0 Å². The number of hydrogen-bond donors (Lipinski definition) is 3. The Labute approximate surface area is 186 Å². The molecule has 1 aliphatic rings. The standard InChI is InChI=1S/C20H15Cl3N4O3/c21-11-1-6-16-10(7-11)8-17(18(28)25-13-4-5-14(22)15(23)9-13)27(16)26-20(30)19(29)24-12-2-3-12/h1,4-9,12H,2-3H2,(H,24,29)(H,25,28)(H,26,30). The highest BCUT2D eigenvalue weighted by molar-refractivity contribution is 6.42. The number of hydrogen-bond acceptors (Lipinski definition) is 3. The zero-order valence-corrected chi connectivity index (χ0v) is 17.6. The van der Waals surface area contributed by atoms with Gasteiger partial charge in [-0.05, 0) is 55.3 Å². The Morgan fingerprint density at radius 3 is 2.37 bits per heavy atom. The number of anilines is 1. The molecule has 0 saturated heterocycles. The summed E-state index contributed by atoms with van der Waals surface area (Å²) in [6.45, 7) is 0. The van der Waals surface area contributed by atoms with Gasteiger partial charge in [0.2, 0.25) is 0 Å². The molecule has 0 radical (unpaired) electrons. The van der Waals surface area contributed by atoms with Gasteiger partial charge in [0.05, 0.1) is 15.6 Å². The van der Waals surface area contributed by atoms with Crippen molar-refractivity contribution in [1.82, 2.24) is 9.99 Å². The van der Waals surface area contributed by atoms with Crippen molar-refractivity contribution in [2.24, 2.45) is 0 Å². The molecule has 0 unspecified atom stereocenters. The first kappa shape index (κ1) is 20.5. The Balaban J connectivity index is 1.66. The van der Waals surface area contributed by atoms with Gasteiger partial charge >= 0.3 is 11.8 Å². The Bertz CT molecular complexity index is 1190. The van der Waals surface area contributed by atoms with Crippen molar-refractivity contribution in [2.45, 2.75) is 18.9 Å². The van der Waals surface area contributed by atoms with Gasteiger partial charge in [0, 0.05) is 22.1 Å². The van der Waals surface area contributed by atoms with E-state index < -0.39 is 17.7 Å².